The first kappa shape index (κ1) is 19.8. The van der Waals surface area contributed by atoms with Gasteiger partial charge in [-0.05, 0) is 32.3 Å². The average molecular weight is 432 g/mol. The third-order valence-electron chi connectivity index (χ3n) is 4.88. The van der Waals surface area contributed by atoms with Crippen LogP contribution >= 0.6 is 11.3 Å². The molecule has 152 valence electrons. The molecular formula is C18H21N7O2S2. The van der Waals surface area contributed by atoms with Crippen molar-refractivity contribution in [2.75, 3.05) is 11.1 Å². The third kappa shape index (κ3) is 4.39. The molecule has 0 amide bonds. The molecule has 0 unspecified atom stereocenters. The Bertz CT molecular complexity index is 1160. The fraction of sp³-hybridized carbons (Fsp3) is 0.444. The van der Waals surface area contributed by atoms with Gasteiger partial charge in [-0.25, -0.2) is 18.1 Å². The van der Waals surface area contributed by atoms with Crippen LogP contribution in [0.4, 0.5) is 5.69 Å². The maximum absolute atomic E-state index is 12.1. The Morgan fingerprint density at radius 2 is 2.17 bits per heavy atom. The predicted octanol–water partition coefficient (Wildman–Crippen LogP) is 2.56. The number of fused-ring (bicyclic) bond motifs is 1. The van der Waals surface area contributed by atoms with Gasteiger partial charge in [-0.2, -0.15) is 5.26 Å². The number of sulfonamides is 1. The molecule has 3 aromatic rings. The highest BCUT2D eigenvalue weighted by molar-refractivity contribution is 7.89. The topological polar surface area (TPSA) is 136 Å². The molecule has 29 heavy (non-hydrogen) atoms. The van der Waals surface area contributed by atoms with E-state index in [0.29, 0.717) is 19.3 Å². The lowest BCUT2D eigenvalue weighted by molar-refractivity contribution is 0.346. The number of unbranched alkanes of at least 4 members (excludes halogenated alkanes) is 1. The fourth-order valence-electron chi connectivity index (χ4n) is 3.42. The van der Waals surface area contributed by atoms with E-state index < -0.39 is 10.0 Å². The van der Waals surface area contributed by atoms with E-state index in [4.69, 9.17) is 5.26 Å². The first-order chi connectivity index (χ1) is 13.9. The monoisotopic (exact) mass is 431 g/mol. The van der Waals surface area contributed by atoms with Gasteiger partial charge in [-0.15, -0.1) is 10.2 Å². The number of anilines is 1. The molecule has 0 aromatic carbocycles. The molecule has 0 spiro atoms. The van der Waals surface area contributed by atoms with Crippen molar-refractivity contribution in [2.24, 2.45) is 0 Å². The zero-order chi connectivity index (χ0) is 20.4. The standard InChI is InChI=1S/C18H21N7O2S2/c1-11-23-24-18(28-11)15-10-21-17-14(4-6-20-17)16(15)22-12-8-13(9-12)25-29(26,27)7-3-2-5-19/h4,6,10,12-13,25H,2-3,7-9H2,1H3,(H2,20,21,22). The summed E-state index contributed by atoms with van der Waals surface area (Å²) < 4.78 is 26.9. The summed E-state index contributed by atoms with van der Waals surface area (Å²) in [5, 5.41) is 23.1. The van der Waals surface area contributed by atoms with Crippen molar-refractivity contribution < 1.29 is 8.42 Å². The maximum atomic E-state index is 12.1. The van der Waals surface area contributed by atoms with Crippen molar-refractivity contribution in [1.82, 2.24) is 24.9 Å². The first-order valence-electron chi connectivity index (χ1n) is 9.35. The lowest BCUT2D eigenvalue weighted by Crippen LogP contribution is -2.50. The maximum Gasteiger partial charge on any atom is 0.211 e. The molecule has 3 aromatic heterocycles. The summed E-state index contributed by atoms with van der Waals surface area (Å²) in [6.07, 6.45) is 5.62. The van der Waals surface area contributed by atoms with Crippen LogP contribution in [0.1, 0.15) is 30.7 Å². The van der Waals surface area contributed by atoms with Gasteiger partial charge in [-0.3, -0.25) is 0 Å². The van der Waals surface area contributed by atoms with Gasteiger partial charge in [0.05, 0.1) is 23.1 Å². The van der Waals surface area contributed by atoms with E-state index >= 15 is 0 Å². The van der Waals surface area contributed by atoms with Crippen LogP contribution in [0.15, 0.2) is 18.5 Å². The van der Waals surface area contributed by atoms with Crippen molar-refractivity contribution in [3.05, 3.63) is 23.5 Å². The molecule has 9 nitrogen and oxygen atoms in total. The number of hydrogen-bond donors (Lipinski definition) is 3. The van der Waals surface area contributed by atoms with Gasteiger partial charge in [0.2, 0.25) is 10.0 Å². The smallest absolute Gasteiger partial charge is 0.211 e. The number of rotatable bonds is 8. The molecule has 0 aliphatic heterocycles. The zero-order valence-corrected chi connectivity index (χ0v) is 17.5. The molecule has 4 rings (SSSR count). The Balaban J connectivity index is 1.46. The fourth-order valence-corrected chi connectivity index (χ4v) is 5.47. The molecular weight excluding hydrogens is 410 g/mol. The number of aromatic amines is 1. The molecule has 1 aliphatic rings. The first-order valence-corrected chi connectivity index (χ1v) is 11.8. The second kappa shape index (κ2) is 8.06. The number of H-pyrrole nitrogens is 1. The second-order valence-electron chi connectivity index (χ2n) is 7.12. The largest absolute Gasteiger partial charge is 0.381 e. The van der Waals surface area contributed by atoms with Crippen molar-refractivity contribution in [3.63, 3.8) is 0 Å². The van der Waals surface area contributed by atoms with Crippen molar-refractivity contribution in [1.29, 1.82) is 5.26 Å². The van der Waals surface area contributed by atoms with Gasteiger partial charge in [0.25, 0.3) is 0 Å². The van der Waals surface area contributed by atoms with Gasteiger partial charge >= 0.3 is 0 Å². The summed E-state index contributed by atoms with van der Waals surface area (Å²) in [6.45, 7) is 1.91. The molecule has 0 radical (unpaired) electrons. The molecule has 11 heteroatoms. The molecule has 1 fully saturated rings. The zero-order valence-electron chi connectivity index (χ0n) is 15.8. The van der Waals surface area contributed by atoms with E-state index in [0.717, 1.165) is 32.3 Å². The summed E-state index contributed by atoms with van der Waals surface area (Å²) >= 11 is 1.51. The average Bonchev–Trinajstić information content (AvgIpc) is 3.28. The molecule has 3 heterocycles. The summed E-state index contributed by atoms with van der Waals surface area (Å²) in [7, 11) is -3.34. The Morgan fingerprint density at radius 3 is 2.90 bits per heavy atom. The van der Waals surface area contributed by atoms with Crippen LogP contribution < -0.4 is 10.0 Å². The van der Waals surface area contributed by atoms with Gasteiger partial charge in [0, 0.05) is 36.3 Å². The number of aryl methyl sites for hydroxylation is 1. The number of nitriles is 1. The lowest BCUT2D eigenvalue weighted by atomic mass is 9.87. The highest BCUT2D eigenvalue weighted by Crippen LogP contribution is 2.37. The Labute approximate surface area is 172 Å². The minimum Gasteiger partial charge on any atom is -0.381 e. The van der Waals surface area contributed by atoms with Crippen LogP contribution in [0, 0.1) is 18.3 Å². The second-order valence-corrected chi connectivity index (χ2v) is 10.2. The van der Waals surface area contributed by atoms with Crippen LogP contribution in [0.2, 0.25) is 0 Å². The molecule has 1 aliphatic carbocycles. The molecule has 3 N–H and O–H groups in total. The summed E-state index contributed by atoms with van der Waals surface area (Å²) in [4.78, 5) is 7.59. The summed E-state index contributed by atoms with van der Waals surface area (Å²) in [6, 6.07) is 4.00. The minimum atomic E-state index is -3.34. The van der Waals surface area contributed by atoms with Crippen LogP contribution in [0.5, 0.6) is 0 Å². The number of aromatic nitrogens is 4. The van der Waals surface area contributed by atoms with E-state index in [-0.39, 0.29) is 24.3 Å². The van der Waals surface area contributed by atoms with Crippen molar-refractivity contribution in [2.45, 2.75) is 44.7 Å². The van der Waals surface area contributed by atoms with E-state index in [9.17, 15) is 8.42 Å². The minimum absolute atomic E-state index is 0.00989. The molecule has 0 atom stereocenters. The summed E-state index contributed by atoms with van der Waals surface area (Å²) in [5.41, 5.74) is 2.61. The normalized spacial score (nSPS) is 19.0. The third-order valence-corrected chi connectivity index (χ3v) is 7.27. The quantitative estimate of drug-likeness (QED) is 0.466. The van der Waals surface area contributed by atoms with E-state index in [1.807, 2.05) is 25.3 Å². The number of pyridine rings is 1. The molecule has 1 saturated carbocycles. The number of hydrogen-bond acceptors (Lipinski definition) is 8. The SMILES string of the molecule is Cc1nnc(-c2cnc3[nH]ccc3c2NC2CC(NS(=O)(=O)CCCC#N)C2)s1. The number of nitrogens with one attached hydrogen (secondary N) is 3. The molecule has 0 saturated heterocycles. The highest BCUT2D eigenvalue weighted by atomic mass is 32.2. The van der Waals surface area contributed by atoms with Crippen LogP contribution in [0.25, 0.3) is 21.6 Å². The van der Waals surface area contributed by atoms with Crippen LogP contribution in [0.3, 0.4) is 0 Å². The van der Waals surface area contributed by atoms with Gasteiger partial charge < -0.3 is 10.3 Å². The van der Waals surface area contributed by atoms with Crippen molar-refractivity contribution >= 4 is 38.1 Å². The highest BCUT2D eigenvalue weighted by Gasteiger charge is 2.33. The van der Waals surface area contributed by atoms with Gasteiger partial charge in [0.1, 0.15) is 10.7 Å². The predicted molar refractivity (Wildman–Crippen MR) is 112 cm³/mol. The Hall–Kier alpha value is -2.55. The van der Waals surface area contributed by atoms with E-state index in [1.54, 1.807) is 6.20 Å². The van der Waals surface area contributed by atoms with Crippen LogP contribution in [-0.4, -0.2) is 46.4 Å². The van der Waals surface area contributed by atoms with E-state index in [2.05, 4.69) is 30.2 Å². The van der Waals surface area contributed by atoms with Crippen LogP contribution in [-0.2, 0) is 10.0 Å². The molecule has 0 bridgehead atoms. The van der Waals surface area contributed by atoms with E-state index in [1.165, 1.54) is 11.3 Å². The van der Waals surface area contributed by atoms with Gasteiger partial charge in [0.15, 0.2) is 5.01 Å². The van der Waals surface area contributed by atoms with Crippen molar-refractivity contribution in [3.8, 4) is 16.6 Å². The Morgan fingerprint density at radius 1 is 1.34 bits per heavy atom. The lowest BCUT2D eigenvalue weighted by Gasteiger charge is -2.37. The summed E-state index contributed by atoms with van der Waals surface area (Å²) in [5.74, 6) is -0.00989. The Kier molecular flexibility index (Phi) is 5.49. The number of nitrogens with zero attached hydrogens (tertiary/aromatic N) is 4. The van der Waals surface area contributed by atoms with Gasteiger partial charge in [-0.1, -0.05) is 11.3 Å².